The molecule has 0 saturated carbocycles. The number of rotatable bonds is 8. The van der Waals surface area contributed by atoms with Gasteiger partial charge in [-0.05, 0) is 53.2 Å². The molecule has 0 aliphatic rings. The van der Waals surface area contributed by atoms with E-state index < -0.39 is 76.5 Å². The van der Waals surface area contributed by atoms with Crippen LogP contribution in [-0.2, 0) is 31.4 Å². The Kier molecular flexibility index (Phi) is 9.82. The van der Waals surface area contributed by atoms with E-state index in [1.807, 2.05) is 10.9 Å². The van der Waals surface area contributed by atoms with Crippen molar-refractivity contribution in [3.05, 3.63) is 119 Å². The Bertz CT molecular complexity index is 1850. The zero-order chi connectivity index (χ0) is 34.5. The number of benzene rings is 4. The van der Waals surface area contributed by atoms with E-state index in [0.717, 1.165) is 24.3 Å². The molecule has 0 saturated heterocycles. The molecular formula is C31H20F6N2O8. The minimum atomic E-state index is -4.91. The quantitative estimate of drug-likeness (QED) is 0.133. The molecule has 4 aromatic carbocycles. The minimum absolute atomic E-state index is 0.0340. The summed E-state index contributed by atoms with van der Waals surface area (Å²) >= 11 is 0. The van der Waals surface area contributed by atoms with E-state index in [2.05, 4.69) is 0 Å². The van der Waals surface area contributed by atoms with E-state index in [4.69, 9.17) is 9.47 Å². The van der Waals surface area contributed by atoms with Crippen LogP contribution >= 0.6 is 0 Å². The fraction of sp³-hybridized carbons (Fsp3) is 0.129. The van der Waals surface area contributed by atoms with E-state index in [1.165, 1.54) is 12.1 Å². The molecule has 0 unspecified atom stereocenters. The molecule has 2 atom stereocenters. The van der Waals surface area contributed by atoms with Crippen LogP contribution in [0.1, 0.15) is 42.2 Å². The molecule has 244 valence electrons. The summed E-state index contributed by atoms with van der Waals surface area (Å²) in [5, 5.41) is 10.9. The van der Waals surface area contributed by atoms with Gasteiger partial charge in [0.1, 0.15) is 0 Å². The van der Waals surface area contributed by atoms with Crippen LogP contribution in [0.25, 0.3) is 10.8 Å². The first kappa shape index (κ1) is 34.0. The van der Waals surface area contributed by atoms with E-state index in [1.54, 1.807) is 30.3 Å². The highest BCUT2D eigenvalue weighted by molar-refractivity contribution is 6.07. The molecule has 10 nitrogen and oxygen atoms in total. The Morgan fingerprint density at radius 2 is 1.11 bits per heavy atom. The summed E-state index contributed by atoms with van der Waals surface area (Å²) in [5.74, 6) is -8.11. The SMILES string of the molecule is O=C(O[C@H](C(=O)O)[C@@H](OC(=O)c1cccc(C(F)(F)F)c1)C(=O)NNC(=O)c1cccc2ccccc12)c1cccc(C(F)(F)F)c1. The molecule has 0 fully saturated rings. The Morgan fingerprint density at radius 1 is 0.617 bits per heavy atom. The van der Waals surface area contributed by atoms with E-state index in [-0.39, 0.29) is 5.56 Å². The largest absolute Gasteiger partial charge is 0.478 e. The number of carbonyl (C=O) groups is 5. The number of amides is 2. The Labute approximate surface area is 259 Å². The third-order valence-corrected chi connectivity index (χ3v) is 6.43. The second-order valence-corrected chi connectivity index (χ2v) is 9.62. The minimum Gasteiger partial charge on any atom is -0.478 e. The fourth-order valence-corrected chi connectivity index (χ4v) is 4.19. The van der Waals surface area contributed by atoms with Crippen LogP contribution in [0.15, 0.2) is 91.0 Å². The van der Waals surface area contributed by atoms with Crippen molar-refractivity contribution in [2.45, 2.75) is 24.6 Å². The highest BCUT2D eigenvalue weighted by atomic mass is 19.4. The summed E-state index contributed by atoms with van der Waals surface area (Å²) in [5.41, 5.74) is -0.387. The maximum absolute atomic E-state index is 13.2. The van der Waals surface area contributed by atoms with Crippen molar-refractivity contribution < 1.29 is 64.9 Å². The van der Waals surface area contributed by atoms with Crippen LogP contribution in [0.2, 0.25) is 0 Å². The molecule has 0 bridgehead atoms. The number of hydrazine groups is 1. The highest BCUT2D eigenvalue weighted by Crippen LogP contribution is 2.31. The highest BCUT2D eigenvalue weighted by Gasteiger charge is 2.42. The number of carboxylic acids is 1. The van der Waals surface area contributed by atoms with Crippen molar-refractivity contribution in [3.8, 4) is 0 Å². The molecule has 2 amide bonds. The molecule has 4 rings (SSSR count). The van der Waals surface area contributed by atoms with Gasteiger partial charge in [0.05, 0.1) is 22.3 Å². The lowest BCUT2D eigenvalue weighted by molar-refractivity contribution is -0.159. The van der Waals surface area contributed by atoms with Crippen molar-refractivity contribution >= 4 is 40.5 Å². The van der Waals surface area contributed by atoms with Crippen molar-refractivity contribution in [1.29, 1.82) is 0 Å². The van der Waals surface area contributed by atoms with Crippen LogP contribution in [0.4, 0.5) is 26.3 Å². The first-order valence-electron chi connectivity index (χ1n) is 13.1. The normalized spacial score (nSPS) is 12.8. The van der Waals surface area contributed by atoms with Crippen LogP contribution in [0.3, 0.4) is 0 Å². The van der Waals surface area contributed by atoms with Crippen molar-refractivity contribution in [1.82, 2.24) is 10.9 Å². The second kappa shape index (κ2) is 13.6. The summed E-state index contributed by atoms with van der Waals surface area (Å²) in [6.07, 6.45) is -15.3. The smallest absolute Gasteiger partial charge is 0.416 e. The first-order chi connectivity index (χ1) is 22.1. The third kappa shape index (κ3) is 8.22. The Balaban J connectivity index is 1.64. The number of carbonyl (C=O) groups excluding carboxylic acids is 4. The zero-order valence-corrected chi connectivity index (χ0v) is 23.4. The van der Waals surface area contributed by atoms with Gasteiger partial charge in [-0.15, -0.1) is 0 Å². The Hall–Kier alpha value is -5.93. The van der Waals surface area contributed by atoms with Crippen molar-refractivity contribution in [2.24, 2.45) is 0 Å². The number of halogens is 6. The molecule has 0 aliphatic heterocycles. The molecule has 0 aromatic heterocycles. The maximum atomic E-state index is 13.2. The van der Waals surface area contributed by atoms with Crippen LogP contribution in [0, 0.1) is 0 Å². The van der Waals surface area contributed by atoms with Gasteiger partial charge in [-0.25, -0.2) is 14.4 Å². The molecule has 4 aromatic rings. The van der Waals surface area contributed by atoms with Gasteiger partial charge in [0, 0.05) is 5.56 Å². The number of hydrogen-bond donors (Lipinski definition) is 3. The molecular weight excluding hydrogens is 642 g/mol. The molecule has 0 aliphatic carbocycles. The molecule has 0 spiro atoms. The lowest BCUT2D eigenvalue weighted by Crippen LogP contribution is -2.54. The van der Waals surface area contributed by atoms with E-state index >= 15 is 0 Å². The van der Waals surface area contributed by atoms with Gasteiger partial charge < -0.3 is 14.6 Å². The van der Waals surface area contributed by atoms with Gasteiger partial charge >= 0.3 is 30.3 Å². The average Bonchev–Trinajstić information content (AvgIpc) is 3.03. The number of esters is 2. The third-order valence-electron chi connectivity index (χ3n) is 6.43. The predicted molar refractivity (Wildman–Crippen MR) is 148 cm³/mol. The molecule has 3 N–H and O–H groups in total. The zero-order valence-electron chi connectivity index (χ0n) is 23.4. The van der Waals surface area contributed by atoms with Gasteiger partial charge in [-0.3, -0.25) is 20.4 Å². The molecule has 16 heteroatoms. The summed E-state index contributed by atoms with van der Waals surface area (Å²) in [7, 11) is 0. The fourth-order valence-electron chi connectivity index (χ4n) is 4.19. The number of hydrogen-bond acceptors (Lipinski definition) is 7. The van der Waals surface area contributed by atoms with Gasteiger partial charge in [-0.1, -0.05) is 48.5 Å². The van der Waals surface area contributed by atoms with Crippen molar-refractivity contribution in [2.75, 3.05) is 0 Å². The summed E-state index contributed by atoms with van der Waals surface area (Å²) in [4.78, 5) is 63.9. The molecule has 47 heavy (non-hydrogen) atoms. The summed E-state index contributed by atoms with van der Waals surface area (Å²) in [6.45, 7) is 0. The van der Waals surface area contributed by atoms with Gasteiger partial charge in [0.2, 0.25) is 12.2 Å². The summed E-state index contributed by atoms with van der Waals surface area (Å²) in [6, 6.07) is 16.4. The summed E-state index contributed by atoms with van der Waals surface area (Å²) < 4.78 is 88.8. The lowest BCUT2D eigenvalue weighted by atomic mass is 10.0. The van der Waals surface area contributed by atoms with Crippen LogP contribution in [-0.4, -0.2) is 47.0 Å². The standard InChI is InChI=1S/C31H20F6N2O8/c32-30(33,34)19-10-3-8-17(14-19)28(44)46-23(24(27(42)43)47-29(45)18-9-4-11-20(15-18)31(35,36)37)26(41)39-38-25(40)22-13-5-7-16-6-1-2-12-21(16)22/h1-15,23-24H,(H,38,40)(H,39,41)(H,42,43)/t23-,24+/m1/s1. The number of nitrogens with one attached hydrogen (secondary N) is 2. The number of ether oxygens (including phenoxy) is 2. The van der Waals surface area contributed by atoms with Crippen LogP contribution in [0.5, 0.6) is 0 Å². The average molecular weight is 662 g/mol. The van der Waals surface area contributed by atoms with E-state index in [9.17, 15) is 55.4 Å². The van der Waals surface area contributed by atoms with Gasteiger partial charge in [0.15, 0.2) is 0 Å². The predicted octanol–water partition coefficient (Wildman–Crippen LogP) is 5.17. The van der Waals surface area contributed by atoms with Crippen molar-refractivity contribution in [3.63, 3.8) is 0 Å². The van der Waals surface area contributed by atoms with Gasteiger partial charge in [-0.2, -0.15) is 26.3 Å². The number of fused-ring (bicyclic) bond motifs is 1. The number of aliphatic carboxylic acids is 1. The Morgan fingerprint density at radius 3 is 1.64 bits per heavy atom. The van der Waals surface area contributed by atoms with E-state index in [0.29, 0.717) is 35.0 Å². The second-order valence-electron chi connectivity index (χ2n) is 9.62. The molecule has 0 heterocycles. The number of carboxylic acid groups (broad SMARTS) is 1. The monoisotopic (exact) mass is 662 g/mol. The van der Waals surface area contributed by atoms with Crippen LogP contribution < -0.4 is 10.9 Å². The maximum Gasteiger partial charge on any atom is 0.416 e. The number of alkyl halides is 6. The first-order valence-corrected chi connectivity index (χ1v) is 13.1. The van der Waals surface area contributed by atoms with Gasteiger partial charge in [0.25, 0.3) is 11.8 Å². The lowest BCUT2D eigenvalue weighted by Gasteiger charge is -2.24. The molecule has 0 radical (unpaired) electrons. The topological polar surface area (TPSA) is 148 Å².